The molecule has 204 valence electrons. The number of hydrogen-bond acceptors (Lipinski definition) is 7. The van der Waals surface area contributed by atoms with E-state index >= 15 is 0 Å². The van der Waals surface area contributed by atoms with Crippen LogP contribution in [0.15, 0.2) is 67.0 Å². The van der Waals surface area contributed by atoms with Crippen LogP contribution >= 0.6 is 0 Å². The van der Waals surface area contributed by atoms with Gasteiger partial charge in [0.2, 0.25) is 0 Å². The Morgan fingerprint density at radius 3 is 2.59 bits per heavy atom. The monoisotopic (exact) mass is 529 g/mol. The lowest BCUT2D eigenvalue weighted by Gasteiger charge is -2.38. The number of benzene rings is 2. The van der Waals surface area contributed by atoms with Gasteiger partial charge in [-0.2, -0.15) is 0 Å². The lowest BCUT2D eigenvalue weighted by molar-refractivity contribution is 0.102. The standard InChI is InChI=1S/C30H35N5O4/c1-4-34-19-24(20-34)21-6-8-22(9-7-21)30(36)33-29-17-25(10-12-32-29)39-28-16-23-11-13-35(31-3)26(23)18-27(28)38-15-14-37-5-2/h6-13,16-18,24,31H,4-5,14-15,19-20H2,1-3H3,(H,32,33,36). The fraction of sp³-hybridized carbons (Fsp3) is 0.333. The molecule has 2 aromatic carbocycles. The number of ether oxygens (including phenoxy) is 3. The number of nitrogens with zero attached hydrogens (tertiary/aromatic N) is 3. The van der Waals surface area contributed by atoms with Gasteiger partial charge in [-0.15, -0.1) is 0 Å². The van der Waals surface area contributed by atoms with Crippen LogP contribution in [0.3, 0.4) is 0 Å². The number of nitrogens with one attached hydrogen (secondary N) is 2. The van der Waals surface area contributed by atoms with Crippen molar-refractivity contribution in [3.8, 4) is 17.2 Å². The van der Waals surface area contributed by atoms with Gasteiger partial charge >= 0.3 is 0 Å². The maximum atomic E-state index is 12.9. The topological polar surface area (TPSA) is 89.9 Å². The highest BCUT2D eigenvalue weighted by Gasteiger charge is 2.26. The SMILES string of the molecule is CCOCCOc1cc2c(ccn2NC)cc1Oc1ccnc(NC(=O)c2ccc(C3CN(CC)C3)cc2)c1. The highest BCUT2D eigenvalue weighted by atomic mass is 16.5. The number of rotatable bonds is 12. The quantitative estimate of drug-likeness (QED) is 0.247. The van der Waals surface area contributed by atoms with E-state index in [-0.39, 0.29) is 5.91 Å². The predicted octanol–water partition coefficient (Wildman–Crippen LogP) is 5.09. The van der Waals surface area contributed by atoms with Crippen molar-refractivity contribution >= 4 is 22.6 Å². The van der Waals surface area contributed by atoms with Crippen LogP contribution in [0.5, 0.6) is 17.2 Å². The van der Waals surface area contributed by atoms with Crippen LogP contribution in [0.4, 0.5) is 5.82 Å². The second kappa shape index (κ2) is 12.2. The van der Waals surface area contributed by atoms with Crippen LogP contribution < -0.4 is 20.2 Å². The van der Waals surface area contributed by atoms with Crippen LogP contribution in [0.25, 0.3) is 10.9 Å². The lowest BCUT2D eigenvalue weighted by Crippen LogP contribution is -2.44. The first-order valence-electron chi connectivity index (χ1n) is 13.4. The third-order valence-corrected chi connectivity index (χ3v) is 6.94. The van der Waals surface area contributed by atoms with E-state index in [0.29, 0.717) is 54.4 Å². The fourth-order valence-electron chi connectivity index (χ4n) is 4.69. The third-order valence-electron chi connectivity index (χ3n) is 6.94. The Kier molecular flexibility index (Phi) is 8.29. The summed E-state index contributed by atoms with van der Waals surface area (Å²) in [5.41, 5.74) is 5.94. The Balaban J connectivity index is 1.29. The van der Waals surface area contributed by atoms with Gasteiger partial charge in [-0.25, -0.2) is 4.98 Å². The van der Waals surface area contributed by atoms with Gasteiger partial charge in [0.25, 0.3) is 5.91 Å². The minimum Gasteiger partial charge on any atom is -0.487 e. The third kappa shape index (κ3) is 6.16. The van der Waals surface area contributed by atoms with Crippen molar-refractivity contribution in [3.05, 3.63) is 78.1 Å². The molecule has 5 rings (SSSR count). The largest absolute Gasteiger partial charge is 0.487 e. The van der Waals surface area contributed by atoms with Gasteiger partial charge in [0.15, 0.2) is 11.5 Å². The lowest BCUT2D eigenvalue weighted by atomic mass is 9.91. The number of anilines is 1. The molecule has 39 heavy (non-hydrogen) atoms. The van der Waals surface area contributed by atoms with Gasteiger partial charge in [0, 0.05) is 68.1 Å². The predicted molar refractivity (Wildman–Crippen MR) is 153 cm³/mol. The molecule has 3 heterocycles. The second-order valence-electron chi connectivity index (χ2n) is 9.42. The summed E-state index contributed by atoms with van der Waals surface area (Å²) in [7, 11) is 1.86. The van der Waals surface area contributed by atoms with E-state index in [9.17, 15) is 4.79 Å². The molecule has 1 saturated heterocycles. The van der Waals surface area contributed by atoms with Crippen molar-refractivity contribution in [3.63, 3.8) is 0 Å². The summed E-state index contributed by atoms with van der Waals surface area (Å²) in [5.74, 6) is 2.41. The van der Waals surface area contributed by atoms with Gasteiger partial charge in [-0.1, -0.05) is 19.1 Å². The van der Waals surface area contributed by atoms with Crippen molar-refractivity contribution in [1.29, 1.82) is 0 Å². The molecule has 1 aliphatic rings. The van der Waals surface area contributed by atoms with Crippen molar-refractivity contribution < 1.29 is 19.0 Å². The van der Waals surface area contributed by atoms with Crippen LogP contribution in [-0.2, 0) is 4.74 Å². The molecule has 4 aromatic rings. The number of fused-ring (bicyclic) bond motifs is 1. The average molecular weight is 530 g/mol. The number of carbonyl (C=O) groups excluding carboxylic acids is 1. The van der Waals surface area contributed by atoms with E-state index in [4.69, 9.17) is 14.2 Å². The summed E-state index contributed by atoms with van der Waals surface area (Å²) in [6, 6.07) is 17.1. The number of likely N-dealkylation sites (tertiary alicyclic amines) is 1. The summed E-state index contributed by atoms with van der Waals surface area (Å²) in [5, 5.41) is 3.88. The van der Waals surface area contributed by atoms with Gasteiger partial charge in [-0.3, -0.25) is 9.47 Å². The zero-order valence-corrected chi connectivity index (χ0v) is 22.6. The number of likely N-dealkylation sites (N-methyl/N-ethyl adjacent to an activating group) is 1. The molecule has 2 aromatic heterocycles. The zero-order chi connectivity index (χ0) is 27.2. The van der Waals surface area contributed by atoms with Gasteiger partial charge in [0.05, 0.1) is 12.1 Å². The molecule has 1 amide bonds. The van der Waals surface area contributed by atoms with Crippen molar-refractivity contribution in [2.24, 2.45) is 0 Å². The van der Waals surface area contributed by atoms with E-state index in [2.05, 4.69) is 27.6 Å². The second-order valence-corrected chi connectivity index (χ2v) is 9.42. The summed E-state index contributed by atoms with van der Waals surface area (Å²) in [6.07, 6.45) is 3.55. The minimum atomic E-state index is -0.218. The molecular weight excluding hydrogens is 494 g/mol. The highest BCUT2D eigenvalue weighted by molar-refractivity contribution is 6.03. The average Bonchev–Trinajstić information content (AvgIpc) is 3.33. The van der Waals surface area contributed by atoms with E-state index in [1.807, 2.05) is 67.3 Å². The molecule has 0 aliphatic carbocycles. The van der Waals surface area contributed by atoms with Crippen molar-refractivity contribution in [1.82, 2.24) is 14.6 Å². The molecule has 9 heteroatoms. The van der Waals surface area contributed by atoms with Crippen LogP contribution in [0.2, 0.25) is 0 Å². The Morgan fingerprint density at radius 1 is 1.03 bits per heavy atom. The number of carbonyl (C=O) groups is 1. The van der Waals surface area contributed by atoms with Gasteiger partial charge in [0.1, 0.15) is 18.2 Å². The summed E-state index contributed by atoms with van der Waals surface area (Å²) < 4.78 is 19.6. The minimum absolute atomic E-state index is 0.218. The summed E-state index contributed by atoms with van der Waals surface area (Å²) in [4.78, 5) is 19.6. The molecule has 0 bridgehead atoms. The summed E-state index contributed by atoms with van der Waals surface area (Å²) >= 11 is 0. The molecule has 0 atom stereocenters. The van der Waals surface area contributed by atoms with Crippen LogP contribution in [0, 0.1) is 0 Å². The number of amides is 1. The highest BCUT2D eigenvalue weighted by Crippen LogP contribution is 2.36. The smallest absolute Gasteiger partial charge is 0.256 e. The summed E-state index contributed by atoms with van der Waals surface area (Å²) in [6.45, 7) is 8.85. The molecule has 0 radical (unpaired) electrons. The van der Waals surface area contributed by atoms with Crippen LogP contribution in [-0.4, -0.2) is 67.0 Å². The van der Waals surface area contributed by atoms with Crippen LogP contribution in [0.1, 0.15) is 35.7 Å². The number of hydrogen-bond donors (Lipinski definition) is 2. The maximum absolute atomic E-state index is 12.9. The molecule has 1 fully saturated rings. The van der Waals surface area contributed by atoms with E-state index in [1.54, 1.807) is 18.3 Å². The zero-order valence-electron chi connectivity index (χ0n) is 22.6. The molecule has 9 nitrogen and oxygen atoms in total. The first-order chi connectivity index (χ1) is 19.1. The van der Waals surface area contributed by atoms with E-state index < -0.39 is 0 Å². The number of pyridine rings is 1. The fourth-order valence-corrected chi connectivity index (χ4v) is 4.69. The van der Waals surface area contributed by atoms with Crippen molar-refractivity contribution in [2.75, 3.05) is 57.2 Å². The van der Waals surface area contributed by atoms with Gasteiger partial charge in [-0.05, 0) is 49.4 Å². The van der Waals surface area contributed by atoms with E-state index in [0.717, 1.165) is 30.5 Å². The molecular formula is C30H35N5O4. The molecule has 0 spiro atoms. The first kappa shape index (κ1) is 26.5. The molecule has 2 N–H and O–H groups in total. The Bertz CT molecular complexity index is 1410. The molecule has 1 aliphatic heterocycles. The normalized spacial score (nSPS) is 13.7. The van der Waals surface area contributed by atoms with Gasteiger partial charge < -0.3 is 29.9 Å². The van der Waals surface area contributed by atoms with Crippen molar-refractivity contribution in [2.45, 2.75) is 19.8 Å². The Labute approximate surface area is 228 Å². The molecule has 0 unspecified atom stereocenters. The maximum Gasteiger partial charge on any atom is 0.256 e. The first-order valence-corrected chi connectivity index (χ1v) is 13.4. The van der Waals surface area contributed by atoms with E-state index in [1.165, 1.54) is 5.56 Å². The number of aromatic nitrogens is 2. The Hall–Kier alpha value is -4.08. The molecule has 0 saturated carbocycles. The Morgan fingerprint density at radius 2 is 1.85 bits per heavy atom.